The van der Waals surface area contributed by atoms with E-state index in [9.17, 15) is 0 Å². The Labute approximate surface area is 93.7 Å². The molecule has 0 heterocycles. The Bertz CT molecular complexity index is 290. The van der Waals surface area contributed by atoms with Crippen LogP contribution < -0.4 is 0 Å². The summed E-state index contributed by atoms with van der Waals surface area (Å²) in [4.78, 5) is 0. The summed E-state index contributed by atoms with van der Waals surface area (Å²) in [5.74, 6) is 1.69. The fourth-order valence-corrected chi connectivity index (χ4v) is 2.78. The number of aryl methyl sites for hydroxylation is 1. The molecule has 1 aromatic carbocycles. The molecule has 0 radical (unpaired) electrons. The maximum atomic E-state index is 2.40. The molecule has 0 heteroatoms. The van der Waals surface area contributed by atoms with Crippen LogP contribution in [-0.4, -0.2) is 0 Å². The lowest BCUT2D eigenvalue weighted by Gasteiger charge is -2.28. The van der Waals surface area contributed by atoms with Crippen LogP contribution in [0.1, 0.15) is 56.1 Å². The maximum absolute atomic E-state index is 2.40. The minimum Gasteiger partial charge on any atom is -0.0590 e. The van der Waals surface area contributed by atoms with Gasteiger partial charge in [-0.05, 0) is 37.2 Å². The summed E-state index contributed by atoms with van der Waals surface area (Å²) in [5, 5.41) is 0. The molecule has 1 aliphatic rings. The molecule has 0 N–H and O–H groups in total. The highest BCUT2D eigenvalue weighted by molar-refractivity contribution is 5.24. The third-order valence-electron chi connectivity index (χ3n) is 3.96. The standard InChI is InChI=1S/C15H22/c1-12-8-10-15(11-9-12)13(2)14-6-4-3-5-7-14/h8-11,13-14H,3-7H2,1-2H3. The highest BCUT2D eigenvalue weighted by Gasteiger charge is 2.20. The molecule has 1 saturated carbocycles. The second kappa shape index (κ2) is 4.83. The Balaban J connectivity index is 2.05. The van der Waals surface area contributed by atoms with E-state index in [0.717, 1.165) is 11.8 Å². The summed E-state index contributed by atoms with van der Waals surface area (Å²) < 4.78 is 0. The van der Waals surface area contributed by atoms with Crippen molar-refractivity contribution >= 4 is 0 Å². The zero-order valence-corrected chi connectivity index (χ0v) is 10.00. The molecule has 0 aliphatic heterocycles. The summed E-state index contributed by atoms with van der Waals surface area (Å²) in [6.45, 7) is 4.57. The normalized spacial score (nSPS) is 20.1. The van der Waals surface area contributed by atoms with Gasteiger partial charge >= 0.3 is 0 Å². The zero-order chi connectivity index (χ0) is 10.7. The van der Waals surface area contributed by atoms with Gasteiger partial charge in [0, 0.05) is 0 Å². The van der Waals surface area contributed by atoms with Crippen molar-refractivity contribution in [3.8, 4) is 0 Å². The molecule has 0 spiro atoms. The van der Waals surface area contributed by atoms with E-state index in [4.69, 9.17) is 0 Å². The fourth-order valence-electron chi connectivity index (χ4n) is 2.78. The smallest absolute Gasteiger partial charge is 0.0162 e. The molecule has 1 atom stereocenters. The van der Waals surface area contributed by atoms with Crippen LogP contribution in [0.4, 0.5) is 0 Å². The van der Waals surface area contributed by atoms with E-state index in [1.807, 2.05) is 0 Å². The van der Waals surface area contributed by atoms with E-state index >= 15 is 0 Å². The molecule has 0 aromatic heterocycles. The first-order valence-electron chi connectivity index (χ1n) is 6.34. The van der Waals surface area contributed by atoms with Crippen molar-refractivity contribution in [2.24, 2.45) is 5.92 Å². The number of hydrogen-bond acceptors (Lipinski definition) is 0. The van der Waals surface area contributed by atoms with Crippen LogP contribution in [0.3, 0.4) is 0 Å². The largest absolute Gasteiger partial charge is 0.0590 e. The molecule has 1 fully saturated rings. The highest BCUT2D eigenvalue weighted by atomic mass is 14.3. The van der Waals surface area contributed by atoms with Gasteiger partial charge in [-0.3, -0.25) is 0 Å². The molecule has 1 unspecified atom stereocenters. The average molecular weight is 202 g/mol. The van der Waals surface area contributed by atoms with Crippen LogP contribution >= 0.6 is 0 Å². The van der Waals surface area contributed by atoms with Crippen LogP contribution in [-0.2, 0) is 0 Å². The van der Waals surface area contributed by atoms with Gasteiger partial charge in [0.05, 0.1) is 0 Å². The molecule has 15 heavy (non-hydrogen) atoms. The van der Waals surface area contributed by atoms with E-state index < -0.39 is 0 Å². The molecule has 2 rings (SSSR count). The molecule has 0 nitrogen and oxygen atoms in total. The first-order chi connectivity index (χ1) is 7.27. The van der Waals surface area contributed by atoms with Gasteiger partial charge in [0.1, 0.15) is 0 Å². The summed E-state index contributed by atoms with van der Waals surface area (Å²) >= 11 is 0. The monoisotopic (exact) mass is 202 g/mol. The van der Waals surface area contributed by atoms with Crippen LogP contribution in [0.5, 0.6) is 0 Å². The first kappa shape index (κ1) is 10.7. The lowest BCUT2D eigenvalue weighted by Crippen LogP contribution is -2.13. The van der Waals surface area contributed by atoms with Gasteiger partial charge in [-0.1, -0.05) is 56.0 Å². The van der Waals surface area contributed by atoms with E-state index in [-0.39, 0.29) is 0 Å². The molecular formula is C15H22. The highest BCUT2D eigenvalue weighted by Crippen LogP contribution is 2.35. The summed E-state index contributed by atoms with van der Waals surface area (Å²) in [6, 6.07) is 9.12. The number of benzene rings is 1. The van der Waals surface area contributed by atoms with Crippen LogP contribution in [0.2, 0.25) is 0 Å². The molecule has 0 bridgehead atoms. The first-order valence-corrected chi connectivity index (χ1v) is 6.34. The Hall–Kier alpha value is -0.780. The van der Waals surface area contributed by atoms with Crippen LogP contribution in [0.15, 0.2) is 24.3 Å². The van der Waals surface area contributed by atoms with Crippen molar-refractivity contribution in [1.29, 1.82) is 0 Å². The molecular weight excluding hydrogens is 180 g/mol. The quantitative estimate of drug-likeness (QED) is 0.653. The van der Waals surface area contributed by atoms with E-state index in [1.54, 1.807) is 0 Å². The third kappa shape index (κ3) is 2.62. The predicted molar refractivity (Wildman–Crippen MR) is 66.2 cm³/mol. The number of hydrogen-bond donors (Lipinski definition) is 0. The van der Waals surface area contributed by atoms with Gasteiger partial charge < -0.3 is 0 Å². The molecule has 0 saturated heterocycles. The SMILES string of the molecule is Cc1ccc(C(C)C2CCCCC2)cc1. The molecule has 1 aliphatic carbocycles. The van der Waals surface area contributed by atoms with Gasteiger partial charge in [-0.2, -0.15) is 0 Å². The third-order valence-corrected chi connectivity index (χ3v) is 3.96. The van der Waals surface area contributed by atoms with Gasteiger partial charge in [0.15, 0.2) is 0 Å². The summed E-state index contributed by atoms with van der Waals surface area (Å²) in [5.41, 5.74) is 2.90. The van der Waals surface area contributed by atoms with Crippen LogP contribution in [0.25, 0.3) is 0 Å². The van der Waals surface area contributed by atoms with Crippen molar-refractivity contribution in [1.82, 2.24) is 0 Å². The van der Waals surface area contributed by atoms with E-state index in [0.29, 0.717) is 0 Å². The number of rotatable bonds is 2. The fraction of sp³-hybridized carbons (Fsp3) is 0.600. The van der Waals surface area contributed by atoms with E-state index in [2.05, 4.69) is 38.1 Å². The topological polar surface area (TPSA) is 0 Å². The average Bonchev–Trinajstić information content (AvgIpc) is 2.30. The second-order valence-electron chi connectivity index (χ2n) is 5.10. The Morgan fingerprint density at radius 1 is 1.00 bits per heavy atom. The second-order valence-corrected chi connectivity index (χ2v) is 5.10. The van der Waals surface area contributed by atoms with Crippen molar-refractivity contribution in [2.75, 3.05) is 0 Å². The molecule has 1 aromatic rings. The Kier molecular flexibility index (Phi) is 3.45. The minimum absolute atomic E-state index is 0.755. The van der Waals surface area contributed by atoms with Crippen LogP contribution in [0, 0.1) is 12.8 Å². The van der Waals surface area contributed by atoms with Crippen molar-refractivity contribution in [3.05, 3.63) is 35.4 Å². The Morgan fingerprint density at radius 3 is 2.20 bits per heavy atom. The lowest BCUT2D eigenvalue weighted by molar-refractivity contribution is 0.316. The van der Waals surface area contributed by atoms with Gasteiger partial charge in [0.25, 0.3) is 0 Å². The summed E-state index contributed by atoms with van der Waals surface area (Å²) in [6.07, 6.45) is 7.23. The minimum atomic E-state index is 0.755. The van der Waals surface area contributed by atoms with Gasteiger partial charge in [0.2, 0.25) is 0 Å². The maximum Gasteiger partial charge on any atom is -0.0162 e. The van der Waals surface area contributed by atoms with Crippen molar-refractivity contribution in [3.63, 3.8) is 0 Å². The zero-order valence-electron chi connectivity index (χ0n) is 10.00. The van der Waals surface area contributed by atoms with Crippen molar-refractivity contribution in [2.45, 2.75) is 51.9 Å². The summed E-state index contributed by atoms with van der Waals surface area (Å²) in [7, 11) is 0. The van der Waals surface area contributed by atoms with E-state index in [1.165, 1.54) is 43.2 Å². The van der Waals surface area contributed by atoms with Crippen molar-refractivity contribution < 1.29 is 0 Å². The van der Waals surface area contributed by atoms with Gasteiger partial charge in [-0.15, -0.1) is 0 Å². The molecule has 0 amide bonds. The molecule has 82 valence electrons. The predicted octanol–water partition coefficient (Wildman–Crippen LogP) is 4.68. The Morgan fingerprint density at radius 2 is 1.60 bits per heavy atom. The lowest BCUT2D eigenvalue weighted by atomic mass is 9.78. The van der Waals surface area contributed by atoms with Gasteiger partial charge in [-0.25, -0.2) is 0 Å².